The molecular formula is C13H12FN3OS2. The molecule has 0 fully saturated rings. The second kappa shape index (κ2) is 5.34. The molecule has 0 saturated heterocycles. The number of nitrogens with one attached hydrogen (secondary N) is 1. The van der Waals surface area contributed by atoms with Crippen molar-refractivity contribution in [3.05, 3.63) is 39.3 Å². The summed E-state index contributed by atoms with van der Waals surface area (Å²) in [7, 11) is 1.45. The van der Waals surface area contributed by atoms with Gasteiger partial charge in [0.05, 0.1) is 29.3 Å². The molecule has 7 heteroatoms. The lowest BCUT2D eigenvalue weighted by Crippen LogP contribution is -2.02. The fourth-order valence-corrected chi connectivity index (χ4v) is 3.02. The number of aromatic amines is 1. The molecule has 0 saturated carbocycles. The summed E-state index contributed by atoms with van der Waals surface area (Å²) >= 11 is 6.87. The molecule has 0 aliphatic carbocycles. The van der Waals surface area contributed by atoms with Gasteiger partial charge in [-0.25, -0.2) is 9.37 Å². The van der Waals surface area contributed by atoms with Crippen LogP contribution in [0.3, 0.4) is 0 Å². The third-order valence-electron chi connectivity index (χ3n) is 3.12. The second-order valence-corrected chi connectivity index (χ2v) is 5.42. The van der Waals surface area contributed by atoms with E-state index in [2.05, 4.69) is 9.97 Å². The lowest BCUT2D eigenvalue weighted by Gasteiger charge is -2.05. The van der Waals surface area contributed by atoms with Gasteiger partial charge >= 0.3 is 0 Å². The summed E-state index contributed by atoms with van der Waals surface area (Å²) in [6.45, 7) is 0.692. The molecule has 2 heterocycles. The number of imidazole rings is 1. The SMILES string of the molecule is COc1cc2c(cc1F)[nH]c(=S)n2CCc1cscn1. The van der Waals surface area contributed by atoms with E-state index in [0.29, 0.717) is 16.8 Å². The summed E-state index contributed by atoms with van der Waals surface area (Å²) in [5, 5.41) is 2.01. The zero-order valence-electron chi connectivity index (χ0n) is 10.7. The average Bonchev–Trinajstić information content (AvgIpc) is 3.03. The smallest absolute Gasteiger partial charge is 0.178 e. The van der Waals surface area contributed by atoms with E-state index >= 15 is 0 Å². The number of hydrogen-bond acceptors (Lipinski definition) is 4. The zero-order chi connectivity index (χ0) is 14.1. The average molecular weight is 309 g/mol. The second-order valence-electron chi connectivity index (χ2n) is 4.32. The number of aryl methyl sites for hydroxylation is 2. The van der Waals surface area contributed by atoms with Crippen LogP contribution in [0.2, 0.25) is 0 Å². The van der Waals surface area contributed by atoms with Gasteiger partial charge < -0.3 is 14.3 Å². The number of thiazole rings is 1. The van der Waals surface area contributed by atoms with Crippen LogP contribution < -0.4 is 4.74 Å². The van der Waals surface area contributed by atoms with Gasteiger partial charge in [0.15, 0.2) is 16.3 Å². The Hall–Kier alpha value is -1.73. The summed E-state index contributed by atoms with van der Waals surface area (Å²) in [6, 6.07) is 3.07. The minimum atomic E-state index is -0.400. The van der Waals surface area contributed by atoms with Crippen molar-refractivity contribution in [2.45, 2.75) is 13.0 Å². The van der Waals surface area contributed by atoms with E-state index in [1.54, 1.807) is 17.4 Å². The zero-order valence-corrected chi connectivity index (χ0v) is 12.4. The number of methoxy groups -OCH3 is 1. The molecule has 0 unspecified atom stereocenters. The number of aromatic nitrogens is 3. The molecule has 3 aromatic rings. The van der Waals surface area contributed by atoms with E-state index in [4.69, 9.17) is 17.0 Å². The van der Waals surface area contributed by atoms with Gasteiger partial charge in [0.25, 0.3) is 0 Å². The van der Waals surface area contributed by atoms with E-state index in [-0.39, 0.29) is 5.75 Å². The Bertz CT molecular complexity index is 792. The predicted molar refractivity (Wildman–Crippen MR) is 79.5 cm³/mol. The fourth-order valence-electron chi connectivity index (χ4n) is 2.12. The number of nitrogens with zero attached hydrogens (tertiary/aromatic N) is 2. The van der Waals surface area contributed by atoms with Gasteiger partial charge in [-0.15, -0.1) is 11.3 Å². The molecule has 104 valence electrons. The summed E-state index contributed by atoms with van der Waals surface area (Å²) in [5.74, 6) is -0.184. The fraction of sp³-hybridized carbons (Fsp3) is 0.231. The Kier molecular flexibility index (Phi) is 3.54. The van der Waals surface area contributed by atoms with Gasteiger partial charge in [0, 0.05) is 30.5 Å². The van der Waals surface area contributed by atoms with Crippen molar-refractivity contribution < 1.29 is 9.13 Å². The molecule has 3 rings (SSSR count). The highest BCUT2D eigenvalue weighted by Crippen LogP contribution is 2.24. The summed E-state index contributed by atoms with van der Waals surface area (Å²) < 4.78 is 21.2. The highest BCUT2D eigenvalue weighted by atomic mass is 32.1. The van der Waals surface area contributed by atoms with E-state index in [9.17, 15) is 4.39 Å². The van der Waals surface area contributed by atoms with Crippen LogP contribution in [0.4, 0.5) is 4.39 Å². The molecule has 1 aromatic carbocycles. The van der Waals surface area contributed by atoms with Crippen LogP contribution in [0.15, 0.2) is 23.0 Å². The molecule has 0 bridgehead atoms. The first kappa shape index (κ1) is 13.3. The van der Waals surface area contributed by atoms with Crippen LogP contribution in [0.25, 0.3) is 11.0 Å². The topological polar surface area (TPSA) is 42.8 Å². The number of ether oxygens (including phenoxy) is 1. The Labute approximate surface area is 123 Å². The first-order chi connectivity index (χ1) is 9.69. The Morgan fingerprint density at radius 1 is 1.50 bits per heavy atom. The van der Waals surface area contributed by atoms with Crippen molar-refractivity contribution in [1.82, 2.24) is 14.5 Å². The quantitative estimate of drug-likeness (QED) is 0.750. The van der Waals surface area contributed by atoms with E-state index in [1.165, 1.54) is 13.2 Å². The summed E-state index contributed by atoms with van der Waals surface area (Å²) in [4.78, 5) is 7.26. The molecule has 0 aliphatic rings. The largest absolute Gasteiger partial charge is 0.494 e. The third-order valence-corrected chi connectivity index (χ3v) is 4.08. The van der Waals surface area contributed by atoms with Crippen molar-refractivity contribution in [1.29, 1.82) is 0 Å². The van der Waals surface area contributed by atoms with Crippen LogP contribution >= 0.6 is 23.6 Å². The van der Waals surface area contributed by atoms with Crippen LogP contribution in [0, 0.1) is 10.6 Å². The first-order valence-electron chi connectivity index (χ1n) is 6.02. The maximum Gasteiger partial charge on any atom is 0.178 e. The standard InChI is InChI=1S/C13H12FN3OS2/c1-18-12-5-11-10(4-9(12)14)16-13(19)17(11)3-2-8-6-20-7-15-8/h4-7H,2-3H2,1H3,(H,16,19). The molecule has 0 amide bonds. The Morgan fingerprint density at radius 2 is 2.35 bits per heavy atom. The van der Waals surface area contributed by atoms with Crippen LogP contribution in [0.1, 0.15) is 5.69 Å². The van der Waals surface area contributed by atoms with Crippen LogP contribution in [-0.4, -0.2) is 21.6 Å². The molecule has 4 nitrogen and oxygen atoms in total. The summed E-state index contributed by atoms with van der Waals surface area (Å²) in [5.41, 5.74) is 4.35. The van der Waals surface area contributed by atoms with Crippen molar-refractivity contribution in [2.75, 3.05) is 7.11 Å². The lowest BCUT2D eigenvalue weighted by atomic mass is 10.2. The lowest BCUT2D eigenvalue weighted by molar-refractivity contribution is 0.387. The maximum absolute atomic E-state index is 13.7. The van der Waals surface area contributed by atoms with Gasteiger partial charge in [0.2, 0.25) is 0 Å². The monoisotopic (exact) mass is 309 g/mol. The van der Waals surface area contributed by atoms with Crippen molar-refractivity contribution in [3.63, 3.8) is 0 Å². The normalized spacial score (nSPS) is 11.1. The Balaban J connectivity index is 2.01. The maximum atomic E-state index is 13.7. The molecule has 0 spiro atoms. The van der Waals surface area contributed by atoms with Crippen molar-refractivity contribution in [3.8, 4) is 5.75 Å². The minimum Gasteiger partial charge on any atom is -0.494 e. The van der Waals surface area contributed by atoms with Crippen LogP contribution in [0.5, 0.6) is 5.75 Å². The number of rotatable bonds is 4. The number of hydrogen-bond donors (Lipinski definition) is 1. The van der Waals surface area contributed by atoms with Gasteiger partial charge in [-0.2, -0.15) is 0 Å². The molecular weight excluding hydrogens is 297 g/mol. The van der Waals surface area contributed by atoms with Crippen LogP contribution in [-0.2, 0) is 13.0 Å². The van der Waals surface area contributed by atoms with Gasteiger partial charge in [-0.1, -0.05) is 0 Å². The number of H-pyrrole nitrogens is 1. The van der Waals surface area contributed by atoms with Gasteiger partial charge in [0.1, 0.15) is 0 Å². The molecule has 20 heavy (non-hydrogen) atoms. The van der Waals surface area contributed by atoms with Crippen molar-refractivity contribution in [2.24, 2.45) is 0 Å². The molecule has 0 aliphatic heterocycles. The minimum absolute atomic E-state index is 0.217. The highest BCUT2D eigenvalue weighted by molar-refractivity contribution is 7.71. The predicted octanol–water partition coefficient (Wildman–Crippen LogP) is 3.55. The first-order valence-corrected chi connectivity index (χ1v) is 7.37. The van der Waals surface area contributed by atoms with E-state index < -0.39 is 5.82 Å². The number of halogens is 1. The third kappa shape index (κ3) is 2.34. The van der Waals surface area contributed by atoms with Gasteiger partial charge in [-0.3, -0.25) is 0 Å². The molecule has 1 N–H and O–H groups in total. The highest BCUT2D eigenvalue weighted by Gasteiger charge is 2.10. The number of fused-ring (bicyclic) bond motifs is 1. The molecule has 0 atom stereocenters. The van der Waals surface area contributed by atoms with Crippen molar-refractivity contribution >= 4 is 34.6 Å². The Morgan fingerprint density at radius 3 is 3.05 bits per heavy atom. The van der Waals surface area contributed by atoms with E-state index in [1.807, 2.05) is 15.5 Å². The summed E-state index contributed by atoms with van der Waals surface area (Å²) in [6.07, 6.45) is 0.782. The molecule has 2 aromatic heterocycles. The number of benzene rings is 1. The van der Waals surface area contributed by atoms with E-state index in [0.717, 1.165) is 17.6 Å². The molecule has 0 radical (unpaired) electrons. The van der Waals surface area contributed by atoms with Gasteiger partial charge in [-0.05, 0) is 12.2 Å².